The third kappa shape index (κ3) is 3.14. The molecule has 2 atom stereocenters. The summed E-state index contributed by atoms with van der Waals surface area (Å²) in [5, 5.41) is 0. The van der Waals surface area contributed by atoms with Gasteiger partial charge in [-0.1, -0.05) is 0 Å². The topological polar surface area (TPSA) is 107 Å². The molecule has 0 saturated carbocycles. The van der Waals surface area contributed by atoms with Crippen molar-refractivity contribution in [3.63, 3.8) is 0 Å². The van der Waals surface area contributed by atoms with Gasteiger partial charge in [0.05, 0.1) is 12.5 Å². The van der Waals surface area contributed by atoms with Crippen LogP contribution < -0.4 is 0 Å². The predicted molar refractivity (Wildman–Crippen MR) is 46.5 cm³/mol. The molecule has 1 saturated heterocycles. The molecule has 2 unspecified atom stereocenters. The summed E-state index contributed by atoms with van der Waals surface area (Å²) < 4.78 is 50.1. The zero-order chi connectivity index (χ0) is 12.3. The summed E-state index contributed by atoms with van der Waals surface area (Å²) in [4.78, 5) is 21.6. The number of cyclic esters (lactones) is 1. The molecule has 0 radical (unpaired) electrons. The summed E-state index contributed by atoms with van der Waals surface area (Å²) in [6.45, 7) is -0.286. The van der Waals surface area contributed by atoms with E-state index in [1.165, 1.54) is 0 Å². The van der Waals surface area contributed by atoms with Crippen molar-refractivity contribution in [1.29, 1.82) is 0 Å². The minimum absolute atomic E-state index is 0.179. The van der Waals surface area contributed by atoms with Crippen molar-refractivity contribution in [1.82, 2.24) is 0 Å². The largest absolute Gasteiger partial charge is 0.465 e. The molecule has 0 bridgehead atoms. The average molecular weight is 256 g/mol. The third-order valence-electron chi connectivity index (χ3n) is 1.92. The van der Waals surface area contributed by atoms with Crippen LogP contribution in [0.1, 0.15) is 6.42 Å². The number of carbonyl (C=O) groups is 2. The smallest absolute Gasteiger partial charge is 0.359 e. The Balaban J connectivity index is 2.44. The number of halogens is 1. The van der Waals surface area contributed by atoms with Gasteiger partial charge >= 0.3 is 27.6 Å². The van der Waals surface area contributed by atoms with E-state index in [0.29, 0.717) is 6.42 Å². The maximum Gasteiger partial charge on any atom is 0.359 e. The monoisotopic (exact) mass is 256 g/mol. The fraction of sp³-hybridized carbons (Fsp3) is 0.714. The van der Waals surface area contributed by atoms with Gasteiger partial charge in [0.1, 0.15) is 6.61 Å². The Morgan fingerprint density at radius 1 is 1.69 bits per heavy atom. The Morgan fingerprint density at radius 2 is 2.31 bits per heavy atom. The molecular formula is C7H9FO7S. The molecule has 0 aromatic carbocycles. The van der Waals surface area contributed by atoms with E-state index in [2.05, 4.69) is 9.47 Å². The molecule has 1 rings (SSSR count). The second kappa shape index (κ2) is 4.74. The van der Waals surface area contributed by atoms with Gasteiger partial charge in [-0.2, -0.15) is 8.42 Å². The number of ether oxygens (including phenoxy) is 2. The molecule has 0 aromatic heterocycles. The molecule has 1 N–H and O–H groups in total. The molecule has 1 aliphatic rings. The van der Waals surface area contributed by atoms with Crippen LogP contribution in [0.25, 0.3) is 0 Å². The second-order valence-electron chi connectivity index (χ2n) is 3.11. The molecule has 1 aliphatic heterocycles. The Kier molecular flexibility index (Phi) is 3.81. The highest BCUT2D eigenvalue weighted by Gasteiger charge is 2.34. The van der Waals surface area contributed by atoms with Crippen LogP contribution in [0.5, 0.6) is 0 Å². The fourth-order valence-electron chi connectivity index (χ4n) is 1.06. The van der Waals surface area contributed by atoms with E-state index in [1.54, 1.807) is 0 Å². The van der Waals surface area contributed by atoms with Crippen LogP contribution in [-0.4, -0.2) is 43.6 Å². The van der Waals surface area contributed by atoms with Crippen molar-refractivity contribution in [2.24, 2.45) is 5.92 Å². The lowest BCUT2D eigenvalue weighted by atomic mass is 10.1. The highest BCUT2D eigenvalue weighted by atomic mass is 32.2. The van der Waals surface area contributed by atoms with Crippen LogP contribution in [-0.2, 0) is 29.2 Å². The van der Waals surface area contributed by atoms with Crippen molar-refractivity contribution in [2.75, 3.05) is 13.2 Å². The average Bonchev–Trinajstić information content (AvgIpc) is 2.58. The lowest BCUT2D eigenvalue weighted by Gasteiger charge is -2.08. The van der Waals surface area contributed by atoms with Crippen LogP contribution >= 0.6 is 0 Å². The minimum Gasteiger partial charge on any atom is -0.465 e. The first-order valence-electron chi connectivity index (χ1n) is 4.26. The molecular weight excluding hydrogens is 247 g/mol. The van der Waals surface area contributed by atoms with Crippen LogP contribution in [0.3, 0.4) is 0 Å². The van der Waals surface area contributed by atoms with Gasteiger partial charge in [-0.15, -0.1) is 0 Å². The minimum atomic E-state index is -5.12. The maximum atomic E-state index is 12.6. The van der Waals surface area contributed by atoms with E-state index in [4.69, 9.17) is 4.55 Å². The zero-order valence-electron chi connectivity index (χ0n) is 7.96. The normalized spacial score (nSPS) is 22.6. The number of esters is 2. The number of hydrogen-bond donors (Lipinski definition) is 1. The van der Waals surface area contributed by atoms with Crippen molar-refractivity contribution in [2.45, 2.75) is 11.9 Å². The molecule has 9 heteroatoms. The Hall–Kier alpha value is -1.22. The lowest BCUT2D eigenvalue weighted by molar-refractivity contribution is -0.151. The van der Waals surface area contributed by atoms with Gasteiger partial charge in [-0.3, -0.25) is 9.35 Å². The first kappa shape index (κ1) is 12.8. The summed E-state index contributed by atoms with van der Waals surface area (Å²) in [5.74, 6) is -3.05. The summed E-state index contributed by atoms with van der Waals surface area (Å²) >= 11 is 0. The first-order valence-corrected chi connectivity index (χ1v) is 5.76. The summed E-state index contributed by atoms with van der Waals surface area (Å²) in [7, 11) is -5.12. The summed E-state index contributed by atoms with van der Waals surface area (Å²) in [6.07, 6.45) is 0.314. The van der Waals surface area contributed by atoms with E-state index in [0.717, 1.165) is 0 Å². The van der Waals surface area contributed by atoms with E-state index < -0.39 is 40.1 Å². The van der Waals surface area contributed by atoms with E-state index in [-0.39, 0.29) is 6.61 Å². The Morgan fingerprint density at radius 3 is 2.75 bits per heavy atom. The lowest BCUT2D eigenvalue weighted by Crippen LogP contribution is -2.29. The van der Waals surface area contributed by atoms with Crippen molar-refractivity contribution >= 4 is 22.1 Å². The molecule has 16 heavy (non-hydrogen) atoms. The summed E-state index contributed by atoms with van der Waals surface area (Å²) in [5.41, 5.74) is -3.15. The number of alkyl halides is 1. The molecule has 0 aliphatic carbocycles. The van der Waals surface area contributed by atoms with Crippen LogP contribution in [0, 0.1) is 5.92 Å². The molecule has 0 aromatic rings. The zero-order valence-corrected chi connectivity index (χ0v) is 8.78. The van der Waals surface area contributed by atoms with E-state index >= 15 is 0 Å². The molecule has 1 heterocycles. The Labute approximate surface area is 90.3 Å². The highest BCUT2D eigenvalue weighted by molar-refractivity contribution is 7.87. The predicted octanol–water partition coefficient (Wildman–Crippen LogP) is -0.724. The molecule has 7 nitrogen and oxygen atoms in total. The van der Waals surface area contributed by atoms with Gasteiger partial charge in [0.25, 0.3) is 0 Å². The number of rotatable bonds is 4. The quantitative estimate of drug-likeness (QED) is 0.522. The molecule has 0 amide bonds. The van der Waals surface area contributed by atoms with Gasteiger partial charge in [-0.25, -0.2) is 9.18 Å². The van der Waals surface area contributed by atoms with Crippen molar-refractivity contribution < 1.29 is 36.4 Å². The second-order valence-corrected chi connectivity index (χ2v) is 4.56. The van der Waals surface area contributed by atoms with Crippen molar-refractivity contribution in [3.05, 3.63) is 0 Å². The van der Waals surface area contributed by atoms with E-state index in [9.17, 15) is 22.4 Å². The van der Waals surface area contributed by atoms with Gasteiger partial charge < -0.3 is 9.47 Å². The molecule has 1 fully saturated rings. The first-order chi connectivity index (χ1) is 7.32. The number of hydrogen-bond acceptors (Lipinski definition) is 6. The fourth-order valence-corrected chi connectivity index (χ4v) is 1.37. The van der Waals surface area contributed by atoms with Crippen LogP contribution in [0.4, 0.5) is 4.39 Å². The SMILES string of the molecule is O=C1OCCC1COC(=O)C(F)S(=O)(=O)O. The van der Waals surface area contributed by atoms with Gasteiger partial charge in [0, 0.05) is 0 Å². The third-order valence-corrected chi connectivity index (χ3v) is 2.63. The van der Waals surface area contributed by atoms with Crippen molar-refractivity contribution in [3.8, 4) is 0 Å². The Bertz CT molecular complexity index is 390. The number of carbonyl (C=O) groups excluding carboxylic acids is 2. The molecule has 92 valence electrons. The standard InChI is InChI=1S/C7H9FO7S/c8-5(16(11,12)13)7(10)15-3-4-1-2-14-6(4)9/h4-5H,1-3H2,(H,11,12,13). The van der Waals surface area contributed by atoms with Gasteiger partial charge in [-0.05, 0) is 6.42 Å². The highest BCUT2D eigenvalue weighted by Crippen LogP contribution is 2.15. The van der Waals surface area contributed by atoms with Crippen LogP contribution in [0.15, 0.2) is 0 Å². The molecule has 0 spiro atoms. The van der Waals surface area contributed by atoms with Crippen LogP contribution in [0.2, 0.25) is 0 Å². The van der Waals surface area contributed by atoms with Gasteiger partial charge in [0.2, 0.25) is 0 Å². The van der Waals surface area contributed by atoms with Gasteiger partial charge in [0.15, 0.2) is 0 Å². The maximum absolute atomic E-state index is 12.6. The van der Waals surface area contributed by atoms with E-state index in [1.807, 2.05) is 0 Å². The summed E-state index contributed by atoms with van der Waals surface area (Å²) in [6, 6.07) is 0.